The van der Waals surface area contributed by atoms with Crippen molar-refractivity contribution >= 4 is 0 Å². The summed E-state index contributed by atoms with van der Waals surface area (Å²) >= 11 is 0. The standard InChI is InChI=1S/C16H32N2/c1-3-11-17-16-7-5-6-15(16)10-12-18(4-2)13-14-8-9-14/h14-17H,3-13H2,1-2H3. The summed E-state index contributed by atoms with van der Waals surface area (Å²) in [5.41, 5.74) is 0. The lowest BCUT2D eigenvalue weighted by molar-refractivity contribution is 0.242. The molecular formula is C16H32N2. The smallest absolute Gasteiger partial charge is 0.00958 e. The Bertz CT molecular complexity index is 225. The normalized spacial score (nSPS) is 28.2. The third kappa shape index (κ3) is 4.55. The Morgan fingerprint density at radius 3 is 2.61 bits per heavy atom. The third-order valence-electron chi connectivity index (χ3n) is 4.79. The van der Waals surface area contributed by atoms with Crippen LogP contribution in [-0.2, 0) is 0 Å². The first-order chi connectivity index (χ1) is 8.83. The molecule has 2 atom stereocenters. The van der Waals surface area contributed by atoms with Gasteiger partial charge in [-0.3, -0.25) is 0 Å². The molecule has 0 bridgehead atoms. The highest BCUT2D eigenvalue weighted by atomic mass is 15.1. The summed E-state index contributed by atoms with van der Waals surface area (Å²) in [6.07, 6.45) is 9.98. The van der Waals surface area contributed by atoms with Gasteiger partial charge in [-0.25, -0.2) is 0 Å². The van der Waals surface area contributed by atoms with Crippen molar-refractivity contribution in [1.29, 1.82) is 0 Å². The molecule has 2 heteroatoms. The second kappa shape index (κ2) is 7.49. The number of nitrogens with zero attached hydrogens (tertiary/aromatic N) is 1. The van der Waals surface area contributed by atoms with Crippen molar-refractivity contribution < 1.29 is 0 Å². The van der Waals surface area contributed by atoms with Crippen molar-refractivity contribution in [3.8, 4) is 0 Å². The Morgan fingerprint density at radius 1 is 1.11 bits per heavy atom. The largest absolute Gasteiger partial charge is 0.314 e. The van der Waals surface area contributed by atoms with Gasteiger partial charge in [0.05, 0.1) is 0 Å². The maximum Gasteiger partial charge on any atom is 0.00958 e. The molecule has 2 fully saturated rings. The van der Waals surface area contributed by atoms with Crippen molar-refractivity contribution in [3.05, 3.63) is 0 Å². The van der Waals surface area contributed by atoms with Crippen LogP contribution in [0.5, 0.6) is 0 Å². The summed E-state index contributed by atoms with van der Waals surface area (Å²) in [6, 6.07) is 0.824. The molecule has 0 heterocycles. The average molecular weight is 252 g/mol. The highest BCUT2D eigenvalue weighted by molar-refractivity contribution is 4.84. The van der Waals surface area contributed by atoms with Crippen molar-refractivity contribution in [2.75, 3.05) is 26.2 Å². The van der Waals surface area contributed by atoms with E-state index in [2.05, 4.69) is 24.1 Å². The molecule has 2 unspecified atom stereocenters. The predicted molar refractivity (Wildman–Crippen MR) is 78.9 cm³/mol. The van der Waals surface area contributed by atoms with Crippen molar-refractivity contribution in [1.82, 2.24) is 10.2 Å². The van der Waals surface area contributed by atoms with Gasteiger partial charge in [0, 0.05) is 12.6 Å². The summed E-state index contributed by atoms with van der Waals surface area (Å²) in [5.74, 6) is 1.99. The average Bonchev–Trinajstić information content (AvgIpc) is 3.09. The van der Waals surface area contributed by atoms with E-state index < -0.39 is 0 Å². The fourth-order valence-electron chi connectivity index (χ4n) is 3.37. The molecule has 18 heavy (non-hydrogen) atoms. The molecule has 0 amide bonds. The zero-order valence-electron chi connectivity index (χ0n) is 12.5. The molecule has 0 saturated heterocycles. The van der Waals surface area contributed by atoms with Crippen LogP contribution in [-0.4, -0.2) is 37.1 Å². The molecule has 0 aliphatic heterocycles. The maximum atomic E-state index is 3.76. The van der Waals surface area contributed by atoms with E-state index in [1.165, 1.54) is 71.1 Å². The fraction of sp³-hybridized carbons (Fsp3) is 1.00. The second-order valence-electron chi connectivity index (χ2n) is 6.38. The van der Waals surface area contributed by atoms with Gasteiger partial charge in [-0.1, -0.05) is 20.3 Å². The van der Waals surface area contributed by atoms with Crippen molar-refractivity contribution in [2.45, 2.75) is 64.8 Å². The topological polar surface area (TPSA) is 15.3 Å². The Kier molecular flexibility index (Phi) is 5.97. The van der Waals surface area contributed by atoms with E-state index in [1.54, 1.807) is 0 Å². The van der Waals surface area contributed by atoms with Gasteiger partial charge in [0.2, 0.25) is 0 Å². The molecule has 1 N–H and O–H groups in total. The summed E-state index contributed by atoms with van der Waals surface area (Å²) in [5, 5.41) is 3.76. The van der Waals surface area contributed by atoms with Crippen LogP contribution in [0, 0.1) is 11.8 Å². The van der Waals surface area contributed by atoms with Crippen molar-refractivity contribution in [2.24, 2.45) is 11.8 Å². The molecular weight excluding hydrogens is 220 g/mol. The number of hydrogen-bond donors (Lipinski definition) is 1. The molecule has 2 saturated carbocycles. The molecule has 0 spiro atoms. The Hall–Kier alpha value is -0.0800. The lowest BCUT2D eigenvalue weighted by atomic mass is 9.99. The first-order valence-electron chi connectivity index (χ1n) is 8.29. The molecule has 0 aromatic carbocycles. The number of nitrogens with one attached hydrogen (secondary N) is 1. The number of rotatable bonds is 9. The minimum atomic E-state index is 0.824. The molecule has 0 aromatic heterocycles. The van der Waals surface area contributed by atoms with Gasteiger partial charge in [0.15, 0.2) is 0 Å². The third-order valence-corrected chi connectivity index (χ3v) is 4.79. The van der Waals surface area contributed by atoms with Gasteiger partial charge in [0.1, 0.15) is 0 Å². The van der Waals surface area contributed by atoms with Crippen LogP contribution in [0.1, 0.15) is 58.8 Å². The molecule has 106 valence electrons. The molecule has 0 radical (unpaired) electrons. The van der Waals surface area contributed by atoms with Gasteiger partial charge in [-0.2, -0.15) is 0 Å². The monoisotopic (exact) mass is 252 g/mol. The fourth-order valence-corrected chi connectivity index (χ4v) is 3.37. The molecule has 2 aliphatic carbocycles. The number of hydrogen-bond acceptors (Lipinski definition) is 2. The van der Waals surface area contributed by atoms with E-state index in [4.69, 9.17) is 0 Å². The Labute approximate surface area is 114 Å². The highest BCUT2D eigenvalue weighted by Gasteiger charge is 2.28. The second-order valence-corrected chi connectivity index (χ2v) is 6.38. The van der Waals surface area contributed by atoms with E-state index in [0.717, 1.165) is 17.9 Å². The van der Waals surface area contributed by atoms with Crippen LogP contribution < -0.4 is 5.32 Å². The summed E-state index contributed by atoms with van der Waals surface area (Å²) in [6.45, 7) is 9.75. The molecule has 2 rings (SSSR count). The first kappa shape index (κ1) is 14.3. The van der Waals surface area contributed by atoms with Gasteiger partial charge < -0.3 is 10.2 Å². The maximum absolute atomic E-state index is 3.76. The minimum Gasteiger partial charge on any atom is -0.314 e. The zero-order valence-corrected chi connectivity index (χ0v) is 12.5. The Balaban J connectivity index is 1.66. The lowest BCUT2D eigenvalue weighted by Crippen LogP contribution is -2.35. The summed E-state index contributed by atoms with van der Waals surface area (Å²) in [7, 11) is 0. The molecule has 2 aliphatic rings. The summed E-state index contributed by atoms with van der Waals surface area (Å²) in [4.78, 5) is 2.69. The van der Waals surface area contributed by atoms with E-state index in [9.17, 15) is 0 Å². The van der Waals surface area contributed by atoms with E-state index in [1.807, 2.05) is 0 Å². The molecule has 0 aromatic rings. The van der Waals surface area contributed by atoms with E-state index in [-0.39, 0.29) is 0 Å². The van der Waals surface area contributed by atoms with Crippen LogP contribution in [0.3, 0.4) is 0 Å². The van der Waals surface area contributed by atoms with Crippen LogP contribution in [0.4, 0.5) is 0 Å². The first-order valence-corrected chi connectivity index (χ1v) is 8.29. The van der Waals surface area contributed by atoms with Gasteiger partial charge in [-0.15, -0.1) is 0 Å². The van der Waals surface area contributed by atoms with E-state index in [0.29, 0.717) is 0 Å². The zero-order chi connectivity index (χ0) is 12.8. The van der Waals surface area contributed by atoms with Gasteiger partial charge in [0.25, 0.3) is 0 Å². The van der Waals surface area contributed by atoms with E-state index >= 15 is 0 Å². The van der Waals surface area contributed by atoms with Crippen LogP contribution in [0.25, 0.3) is 0 Å². The van der Waals surface area contributed by atoms with Crippen molar-refractivity contribution in [3.63, 3.8) is 0 Å². The van der Waals surface area contributed by atoms with Gasteiger partial charge in [-0.05, 0) is 70.0 Å². The van der Waals surface area contributed by atoms with Crippen LogP contribution in [0.15, 0.2) is 0 Å². The SMILES string of the molecule is CCCNC1CCCC1CCN(CC)CC1CC1. The summed E-state index contributed by atoms with van der Waals surface area (Å²) < 4.78 is 0. The minimum absolute atomic E-state index is 0.824. The van der Waals surface area contributed by atoms with Crippen LogP contribution >= 0.6 is 0 Å². The predicted octanol–water partition coefficient (Wildman–Crippen LogP) is 3.28. The lowest BCUT2D eigenvalue weighted by Gasteiger charge is -2.25. The quantitative estimate of drug-likeness (QED) is 0.677. The highest BCUT2D eigenvalue weighted by Crippen LogP contribution is 2.31. The Morgan fingerprint density at radius 2 is 1.94 bits per heavy atom. The molecule has 2 nitrogen and oxygen atoms in total. The van der Waals surface area contributed by atoms with Gasteiger partial charge >= 0.3 is 0 Å². The van der Waals surface area contributed by atoms with Crippen LogP contribution in [0.2, 0.25) is 0 Å².